The van der Waals surface area contributed by atoms with Gasteiger partial charge in [0.1, 0.15) is 5.82 Å². The summed E-state index contributed by atoms with van der Waals surface area (Å²) in [5.41, 5.74) is 7.37. The summed E-state index contributed by atoms with van der Waals surface area (Å²) >= 11 is 0. The molecular formula is C11H19N3O. The maximum absolute atomic E-state index is 9.08. The summed E-state index contributed by atoms with van der Waals surface area (Å²) in [7, 11) is 0. The van der Waals surface area contributed by atoms with Gasteiger partial charge in [0.05, 0.1) is 11.8 Å². The lowest BCUT2D eigenvalue weighted by Gasteiger charge is -2.09. The molecule has 1 heterocycles. The Morgan fingerprint density at radius 3 is 2.93 bits per heavy atom. The van der Waals surface area contributed by atoms with Gasteiger partial charge in [0.2, 0.25) is 0 Å². The number of aryl methyl sites for hydroxylation is 1. The van der Waals surface area contributed by atoms with Gasteiger partial charge in [-0.25, -0.2) is 4.98 Å². The SMILES string of the molecule is Cc1ccc(N)c(NCCCC(C)O)n1. The molecule has 0 radical (unpaired) electrons. The number of pyridine rings is 1. The van der Waals surface area contributed by atoms with E-state index in [0.717, 1.165) is 30.9 Å². The minimum Gasteiger partial charge on any atom is -0.396 e. The fourth-order valence-corrected chi connectivity index (χ4v) is 1.31. The maximum Gasteiger partial charge on any atom is 0.149 e. The van der Waals surface area contributed by atoms with Crippen LogP contribution in [0.2, 0.25) is 0 Å². The van der Waals surface area contributed by atoms with Gasteiger partial charge in [0.15, 0.2) is 0 Å². The van der Waals surface area contributed by atoms with E-state index in [1.54, 1.807) is 6.92 Å². The Labute approximate surface area is 90.5 Å². The van der Waals surface area contributed by atoms with Gasteiger partial charge in [-0.05, 0) is 38.8 Å². The van der Waals surface area contributed by atoms with Crippen LogP contribution in [-0.4, -0.2) is 22.7 Å². The largest absolute Gasteiger partial charge is 0.396 e. The molecule has 0 amide bonds. The van der Waals surface area contributed by atoms with Crippen molar-refractivity contribution >= 4 is 11.5 Å². The second-order valence-electron chi connectivity index (χ2n) is 3.81. The lowest BCUT2D eigenvalue weighted by Crippen LogP contribution is -2.09. The van der Waals surface area contributed by atoms with Crippen LogP contribution in [0.1, 0.15) is 25.5 Å². The zero-order valence-corrected chi connectivity index (χ0v) is 9.33. The van der Waals surface area contributed by atoms with Crippen molar-refractivity contribution in [3.63, 3.8) is 0 Å². The fourth-order valence-electron chi connectivity index (χ4n) is 1.31. The Hall–Kier alpha value is -1.29. The topological polar surface area (TPSA) is 71.2 Å². The van der Waals surface area contributed by atoms with E-state index in [0.29, 0.717) is 5.69 Å². The molecule has 0 aromatic carbocycles. The molecule has 0 bridgehead atoms. The van der Waals surface area contributed by atoms with Gasteiger partial charge < -0.3 is 16.2 Å². The van der Waals surface area contributed by atoms with Crippen molar-refractivity contribution in [1.82, 2.24) is 4.98 Å². The van der Waals surface area contributed by atoms with Crippen LogP contribution in [0, 0.1) is 6.92 Å². The number of aliphatic hydroxyl groups excluding tert-OH is 1. The number of nitrogens with one attached hydrogen (secondary N) is 1. The highest BCUT2D eigenvalue weighted by Gasteiger charge is 2.00. The van der Waals surface area contributed by atoms with E-state index in [4.69, 9.17) is 10.8 Å². The summed E-state index contributed by atoms with van der Waals surface area (Å²) in [4.78, 5) is 4.29. The smallest absolute Gasteiger partial charge is 0.149 e. The van der Waals surface area contributed by atoms with E-state index in [9.17, 15) is 0 Å². The molecule has 1 aromatic heterocycles. The van der Waals surface area contributed by atoms with E-state index in [1.165, 1.54) is 0 Å². The Balaban J connectivity index is 2.40. The van der Waals surface area contributed by atoms with Crippen molar-refractivity contribution in [3.05, 3.63) is 17.8 Å². The Morgan fingerprint density at radius 2 is 2.27 bits per heavy atom. The zero-order valence-electron chi connectivity index (χ0n) is 9.33. The van der Waals surface area contributed by atoms with Gasteiger partial charge in [-0.2, -0.15) is 0 Å². The number of nitrogen functional groups attached to an aromatic ring is 1. The molecular weight excluding hydrogens is 190 g/mol. The Kier molecular flexibility index (Phi) is 4.37. The number of nitrogens with two attached hydrogens (primary N) is 1. The second kappa shape index (κ2) is 5.56. The molecule has 1 aromatic rings. The molecule has 4 nitrogen and oxygen atoms in total. The molecule has 1 atom stereocenters. The normalized spacial score (nSPS) is 12.5. The number of hydrogen-bond acceptors (Lipinski definition) is 4. The third-order valence-corrected chi connectivity index (χ3v) is 2.16. The minimum absolute atomic E-state index is 0.241. The highest BCUT2D eigenvalue weighted by molar-refractivity contribution is 5.61. The first-order valence-electron chi connectivity index (χ1n) is 5.24. The molecule has 4 N–H and O–H groups in total. The zero-order chi connectivity index (χ0) is 11.3. The summed E-state index contributed by atoms with van der Waals surface area (Å²) in [5, 5.41) is 12.2. The van der Waals surface area contributed by atoms with E-state index < -0.39 is 0 Å². The molecule has 84 valence electrons. The van der Waals surface area contributed by atoms with Crippen LogP contribution in [-0.2, 0) is 0 Å². The van der Waals surface area contributed by atoms with Crippen LogP contribution in [0.3, 0.4) is 0 Å². The van der Waals surface area contributed by atoms with Gasteiger partial charge in [-0.3, -0.25) is 0 Å². The van der Waals surface area contributed by atoms with Crippen molar-refractivity contribution in [2.75, 3.05) is 17.6 Å². The highest BCUT2D eigenvalue weighted by atomic mass is 16.3. The molecule has 0 fully saturated rings. The van der Waals surface area contributed by atoms with Gasteiger partial charge in [0.25, 0.3) is 0 Å². The standard InChI is InChI=1S/C11H19N3O/c1-8-5-6-10(12)11(14-8)13-7-3-4-9(2)15/h5-6,9,15H,3-4,7,12H2,1-2H3,(H,13,14). The third-order valence-electron chi connectivity index (χ3n) is 2.16. The fraction of sp³-hybridized carbons (Fsp3) is 0.545. The molecule has 1 rings (SSSR count). The van der Waals surface area contributed by atoms with Crippen molar-refractivity contribution in [2.45, 2.75) is 32.8 Å². The van der Waals surface area contributed by atoms with E-state index in [2.05, 4.69) is 10.3 Å². The predicted octanol–water partition coefficient (Wildman–Crippen LogP) is 1.55. The molecule has 0 aliphatic rings. The van der Waals surface area contributed by atoms with Gasteiger partial charge in [0, 0.05) is 12.2 Å². The van der Waals surface area contributed by atoms with E-state index in [-0.39, 0.29) is 6.10 Å². The molecule has 0 aliphatic heterocycles. The molecule has 0 saturated carbocycles. The summed E-state index contributed by atoms with van der Waals surface area (Å²) in [5.74, 6) is 0.737. The highest BCUT2D eigenvalue weighted by Crippen LogP contribution is 2.15. The molecule has 0 spiro atoms. The monoisotopic (exact) mass is 209 g/mol. The van der Waals surface area contributed by atoms with Crippen LogP contribution in [0.4, 0.5) is 11.5 Å². The lowest BCUT2D eigenvalue weighted by atomic mass is 10.2. The molecule has 0 aliphatic carbocycles. The van der Waals surface area contributed by atoms with Crippen molar-refractivity contribution in [2.24, 2.45) is 0 Å². The van der Waals surface area contributed by atoms with Crippen LogP contribution in [0.25, 0.3) is 0 Å². The maximum atomic E-state index is 9.08. The number of anilines is 2. The summed E-state index contributed by atoms with van der Waals surface area (Å²) in [6, 6.07) is 3.73. The molecule has 15 heavy (non-hydrogen) atoms. The number of hydrogen-bond donors (Lipinski definition) is 3. The van der Waals surface area contributed by atoms with Crippen LogP contribution >= 0.6 is 0 Å². The van der Waals surface area contributed by atoms with Crippen molar-refractivity contribution in [1.29, 1.82) is 0 Å². The predicted molar refractivity (Wildman–Crippen MR) is 62.8 cm³/mol. The molecule has 1 unspecified atom stereocenters. The Morgan fingerprint density at radius 1 is 1.53 bits per heavy atom. The third kappa shape index (κ3) is 4.16. The van der Waals surface area contributed by atoms with Crippen LogP contribution in [0.5, 0.6) is 0 Å². The van der Waals surface area contributed by atoms with Crippen LogP contribution < -0.4 is 11.1 Å². The van der Waals surface area contributed by atoms with Gasteiger partial charge >= 0.3 is 0 Å². The first-order valence-corrected chi connectivity index (χ1v) is 5.24. The first kappa shape index (κ1) is 11.8. The van der Waals surface area contributed by atoms with Gasteiger partial charge in [-0.1, -0.05) is 0 Å². The number of nitrogens with zero attached hydrogens (tertiary/aromatic N) is 1. The average molecular weight is 209 g/mol. The number of aliphatic hydroxyl groups is 1. The minimum atomic E-state index is -0.241. The quantitative estimate of drug-likeness (QED) is 0.643. The van der Waals surface area contributed by atoms with Crippen LogP contribution in [0.15, 0.2) is 12.1 Å². The summed E-state index contributed by atoms with van der Waals surface area (Å²) in [6.07, 6.45) is 1.46. The average Bonchev–Trinajstić information content (AvgIpc) is 2.17. The molecule has 4 heteroatoms. The summed E-state index contributed by atoms with van der Waals surface area (Å²) in [6.45, 7) is 4.51. The van der Waals surface area contributed by atoms with Crippen molar-refractivity contribution < 1.29 is 5.11 Å². The van der Waals surface area contributed by atoms with E-state index in [1.807, 2.05) is 19.1 Å². The second-order valence-corrected chi connectivity index (χ2v) is 3.81. The van der Waals surface area contributed by atoms with E-state index >= 15 is 0 Å². The number of aromatic nitrogens is 1. The summed E-state index contributed by atoms with van der Waals surface area (Å²) < 4.78 is 0. The van der Waals surface area contributed by atoms with Crippen molar-refractivity contribution in [3.8, 4) is 0 Å². The lowest BCUT2D eigenvalue weighted by molar-refractivity contribution is 0.183. The first-order chi connectivity index (χ1) is 7.09. The molecule has 0 saturated heterocycles. The Bertz CT molecular complexity index is 313. The number of rotatable bonds is 5. The van der Waals surface area contributed by atoms with Gasteiger partial charge in [-0.15, -0.1) is 0 Å².